The number of carbonyl (C=O) groups excluding carboxylic acids is 1. The Labute approximate surface area is 185 Å². The molecule has 3 aromatic rings. The Hall–Kier alpha value is -3.79. The molecule has 1 aromatic carbocycles. The number of aryl methyl sites for hydroxylation is 1. The van der Waals surface area contributed by atoms with Crippen LogP contribution in [0, 0.1) is 17.0 Å². The fourth-order valence-corrected chi connectivity index (χ4v) is 4.60. The van der Waals surface area contributed by atoms with Crippen LogP contribution in [0.1, 0.15) is 37.0 Å². The second-order valence-corrected chi connectivity index (χ2v) is 8.11. The lowest BCUT2D eigenvalue weighted by Gasteiger charge is -2.24. The number of esters is 1. The van der Waals surface area contributed by atoms with Gasteiger partial charge in [0.15, 0.2) is 4.80 Å². The summed E-state index contributed by atoms with van der Waals surface area (Å²) in [4.78, 5) is 41.9. The summed E-state index contributed by atoms with van der Waals surface area (Å²) in [6, 6.07) is 8.50. The highest BCUT2D eigenvalue weighted by molar-refractivity contribution is 7.07. The third kappa shape index (κ3) is 3.80. The molecule has 0 unspecified atom stereocenters. The van der Waals surface area contributed by atoms with E-state index >= 15 is 0 Å². The van der Waals surface area contributed by atoms with Gasteiger partial charge in [0, 0.05) is 18.2 Å². The lowest BCUT2D eigenvalue weighted by atomic mass is 9.95. The number of fused-ring (bicyclic) bond motifs is 1. The van der Waals surface area contributed by atoms with Gasteiger partial charge in [-0.1, -0.05) is 23.5 Å². The molecule has 0 saturated carbocycles. The number of carbonyl (C=O) groups is 1. The molecular weight excluding hydrogens is 434 g/mol. The molecular formula is C22H19N3O6S. The van der Waals surface area contributed by atoms with Gasteiger partial charge in [-0.25, -0.2) is 9.79 Å². The minimum absolute atomic E-state index is 0.138. The van der Waals surface area contributed by atoms with Gasteiger partial charge in [-0.2, -0.15) is 0 Å². The number of nitrogens with zero attached hydrogens (tertiary/aromatic N) is 3. The van der Waals surface area contributed by atoms with E-state index in [4.69, 9.17) is 9.15 Å². The van der Waals surface area contributed by atoms with E-state index in [2.05, 4.69) is 4.99 Å². The first kappa shape index (κ1) is 21.4. The smallest absolute Gasteiger partial charge is 0.338 e. The minimum Gasteiger partial charge on any atom is -0.463 e. The highest BCUT2D eigenvalue weighted by atomic mass is 32.1. The maximum absolute atomic E-state index is 13.4. The lowest BCUT2D eigenvalue weighted by Crippen LogP contribution is -2.39. The summed E-state index contributed by atoms with van der Waals surface area (Å²) in [6.07, 6.45) is 1.62. The van der Waals surface area contributed by atoms with Crippen LogP contribution in [0.4, 0.5) is 5.69 Å². The Morgan fingerprint density at radius 3 is 2.78 bits per heavy atom. The zero-order valence-corrected chi connectivity index (χ0v) is 18.3. The average molecular weight is 453 g/mol. The van der Waals surface area contributed by atoms with Crippen LogP contribution in [0.3, 0.4) is 0 Å². The van der Waals surface area contributed by atoms with E-state index in [-0.39, 0.29) is 23.4 Å². The predicted octanol–water partition coefficient (Wildman–Crippen LogP) is 2.61. The van der Waals surface area contributed by atoms with Crippen molar-refractivity contribution in [1.82, 2.24) is 4.57 Å². The van der Waals surface area contributed by atoms with Gasteiger partial charge in [-0.3, -0.25) is 19.5 Å². The molecule has 2 aromatic heterocycles. The van der Waals surface area contributed by atoms with Gasteiger partial charge in [0.05, 0.1) is 33.4 Å². The quantitative estimate of drug-likeness (QED) is 0.333. The zero-order chi connectivity index (χ0) is 23.0. The second kappa shape index (κ2) is 8.39. The molecule has 10 heteroatoms. The summed E-state index contributed by atoms with van der Waals surface area (Å²) in [5.41, 5.74) is 0.446. The highest BCUT2D eigenvalue weighted by Gasteiger charge is 2.34. The number of hydrogen-bond acceptors (Lipinski definition) is 8. The van der Waals surface area contributed by atoms with Gasteiger partial charge in [0.2, 0.25) is 0 Å². The highest BCUT2D eigenvalue weighted by Crippen LogP contribution is 2.32. The predicted molar refractivity (Wildman–Crippen MR) is 117 cm³/mol. The monoisotopic (exact) mass is 453 g/mol. The van der Waals surface area contributed by atoms with E-state index in [1.54, 1.807) is 45.0 Å². The Balaban J connectivity index is 1.98. The van der Waals surface area contributed by atoms with E-state index in [0.29, 0.717) is 32.1 Å². The van der Waals surface area contributed by atoms with Crippen molar-refractivity contribution in [3.05, 3.63) is 94.6 Å². The summed E-state index contributed by atoms with van der Waals surface area (Å²) in [6.45, 7) is 5.27. The number of aromatic nitrogens is 1. The van der Waals surface area contributed by atoms with Crippen LogP contribution in [0.2, 0.25) is 0 Å². The number of thiazole rings is 1. The van der Waals surface area contributed by atoms with Crippen LogP contribution in [-0.4, -0.2) is 22.1 Å². The van der Waals surface area contributed by atoms with Crippen LogP contribution >= 0.6 is 11.3 Å². The first-order valence-electron chi connectivity index (χ1n) is 9.80. The number of allylic oxidation sites excluding steroid dienone is 1. The first-order valence-corrected chi connectivity index (χ1v) is 10.6. The molecule has 0 saturated heterocycles. The van der Waals surface area contributed by atoms with Crippen LogP contribution in [0.5, 0.6) is 0 Å². The van der Waals surface area contributed by atoms with Crippen molar-refractivity contribution in [3.8, 4) is 0 Å². The molecule has 1 aliphatic rings. The average Bonchev–Trinajstić information content (AvgIpc) is 3.30. The van der Waals surface area contributed by atoms with E-state index in [9.17, 15) is 19.7 Å². The van der Waals surface area contributed by atoms with Gasteiger partial charge in [-0.05, 0) is 38.5 Å². The maximum Gasteiger partial charge on any atom is 0.338 e. The molecule has 0 amide bonds. The number of ether oxygens (including phenoxy) is 1. The van der Waals surface area contributed by atoms with Crippen molar-refractivity contribution in [1.29, 1.82) is 0 Å². The molecule has 0 radical (unpaired) electrons. The zero-order valence-electron chi connectivity index (χ0n) is 17.5. The molecule has 1 atom stereocenters. The molecule has 0 N–H and O–H groups in total. The Bertz CT molecular complexity index is 1440. The van der Waals surface area contributed by atoms with E-state index in [1.165, 1.54) is 22.8 Å². The minimum atomic E-state index is -0.911. The van der Waals surface area contributed by atoms with Crippen LogP contribution < -0.4 is 14.9 Å². The number of furan rings is 1. The number of hydrogen-bond donors (Lipinski definition) is 0. The summed E-state index contributed by atoms with van der Waals surface area (Å²) in [5, 5.41) is 11.3. The molecule has 0 bridgehead atoms. The molecule has 9 nitrogen and oxygen atoms in total. The van der Waals surface area contributed by atoms with E-state index < -0.39 is 16.9 Å². The van der Waals surface area contributed by atoms with Crippen LogP contribution in [0.25, 0.3) is 6.08 Å². The van der Waals surface area contributed by atoms with Gasteiger partial charge in [0.25, 0.3) is 11.2 Å². The SMILES string of the molecule is CCOC(=O)C1=C(C)N=c2s/c(=C\c3ccc(C)o3)c(=O)n2[C@H]1c1cccc([N+](=O)[O-])c1. The van der Waals surface area contributed by atoms with Crippen molar-refractivity contribution in [2.45, 2.75) is 26.8 Å². The summed E-state index contributed by atoms with van der Waals surface area (Å²) >= 11 is 1.15. The van der Waals surface area contributed by atoms with Gasteiger partial charge < -0.3 is 9.15 Å². The summed E-state index contributed by atoms with van der Waals surface area (Å²) < 4.78 is 12.5. The number of nitro groups is 1. The Morgan fingerprint density at radius 2 is 2.12 bits per heavy atom. The number of rotatable bonds is 5. The number of nitro benzene ring substituents is 1. The molecule has 1 aliphatic heterocycles. The van der Waals surface area contributed by atoms with Crippen molar-refractivity contribution < 1.29 is 18.9 Å². The van der Waals surface area contributed by atoms with E-state index in [0.717, 1.165) is 11.3 Å². The topological polar surface area (TPSA) is 117 Å². The van der Waals surface area contributed by atoms with Crippen LogP contribution in [-0.2, 0) is 9.53 Å². The molecule has 164 valence electrons. The third-order valence-corrected chi connectivity index (χ3v) is 5.93. The van der Waals surface area contributed by atoms with Crippen molar-refractivity contribution in [2.75, 3.05) is 6.61 Å². The van der Waals surface area contributed by atoms with Crippen molar-refractivity contribution >= 4 is 29.1 Å². The van der Waals surface area contributed by atoms with Gasteiger partial charge >= 0.3 is 5.97 Å². The van der Waals surface area contributed by atoms with Crippen molar-refractivity contribution in [2.24, 2.45) is 4.99 Å². The summed E-state index contributed by atoms with van der Waals surface area (Å²) in [7, 11) is 0. The molecule has 0 aliphatic carbocycles. The van der Waals surface area contributed by atoms with Gasteiger partial charge in [-0.15, -0.1) is 0 Å². The molecule has 0 fully saturated rings. The van der Waals surface area contributed by atoms with Gasteiger partial charge in [0.1, 0.15) is 11.5 Å². The fraction of sp³-hybridized carbons (Fsp3) is 0.227. The Morgan fingerprint density at radius 1 is 1.34 bits per heavy atom. The second-order valence-electron chi connectivity index (χ2n) is 7.10. The Kier molecular flexibility index (Phi) is 5.62. The van der Waals surface area contributed by atoms with Crippen LogP contribution in [0.15, 0.2) is 61.9 Å². The first-order chi connectivity index (χ1) is 15.3. The molecule has 0 spiro atoms. The largest absolute Gasteiger partial charge is 0.463 e. The molecule has 32 heavy (non-hydrogen) atoms. The number of non-ortho nitro benzene ring substituents is 1. The standard InChI is InChI=1S/C22H19N3O6S/c1-4-30-21(27)18-13(3)23-22-24(19(18)14-6-5-7-15(10-14)25(28)29)20(26)17(32-22)11-16-9-8-12(2)31-16/h5-11,19H,4H2,1-3H3/b17-11-/t19-/m0/s1. The van der Waals surface area contributed by atoms with E-state index in [1.807, 2.05) is 0 Å². The number of benzene rings is 1. The van der Waals surface area contributed by atoms with Crippen molar-refractivity contribution in [3.63, 3.8) is 0 Å². The fourth-order valence-electron chi connectivity index (χ4n) is 3.58. The maximum atomic E-state index is 13.4. The lowest BCUT2D eigenvalue weighted by molar-refractivity contribution is -0.384. The molecule has 3 heterocycles. The summed E-state index contributed by atoms with van der Waals surface area (Å²) in [5.74, 6) is 0.598. The normalized spacial score (nSPS) is 16.0. The third-order valence-electron chi connectivity index (χ3n) is 4.95. The molecule has 4 rings (SSSR count).